The first-order valence-corrected chi connectivity index (χ1v) is 12.1. The van der Waals surface area contributed by atoms with Crippen LogP contribution in [0, 0.1) is 5.92 Å². The van der Waals surface area contributed by atoms with E-state index in [4.69, 9.17) is 16.3 Å². The molecule has 8 heteroatoms. The van der Waals surface area contributed by atoms with Gasteiger partial charge in [-0.15, -0.1) is 0 Å². The van der Waals surface area contributed by atoms with Gasteiger partial charge in [0.15, 0.2) is 0 Å². The van der Waals surface area contributed by atoms with Gasteiger partial charge in [0.25, 0.3) is 0 Å². The monoisotopic (exact) mass is 462 g/mol. The summed E-state index contributed by atoms with van der Waals surface area (Å²) in [5, 5.41) is 1.88. The van der Waals surface area contributed by atoms with Crippen molar-refractivity contribution in [3.8, 4) is 5.75 Å². The maximum absolute atomic E-state index is 12.7. The smallest absolute Gasteiger partial charge is 0.236 e. The van der Waals surface area contributed by atoms with Crippen LogP contribution >= 0.6 is 11.6 Å². The number of ether oxygens (including phenoxy) is 1. The highest BCUT2D eigenvalue weighted by molar-refractivity contribution is 7.92. The number of halogens is 1. The number of benzene rings is 2. The summed E-state index contributed by atoms with van der Waals surface area (Å²) in [7, 11) is -1.75. The number of carbonyl (C=O) groups is 1. The number of nitrogens with zero attached hydrogens (tertiary/aromatic N) is 2. The van der Waals surface area contributed by atoms with Gasteiger partial charge in [-0.25, -0.2) is 8.42 Å². The second-order valence-electron chi connectivity index (χ2n) is 7.49. The van der Waals surface area contributed by atoms with Crippen molar-refractivity contribution in [3.63, 3.8) is 0 Å². The molecule has 0 unspecified atom stereocenters. The van der Waals surface area contributed by atoms with E-state index in [-0.39, 0.29) is 11.8 Å². The molecule has 3 rings (SSSR count). The van der Waals surface area contributed by atoms with Crippen molar-refractivity contribution in [3.05, 3.63) is 70.6 Å². The van der Waals surface area contributed by atoms with Crippen LogP contribution in [0.4, 0.5) is 0 Å². The molecule has 0 aliphatic carbocycles. The summed E-state index contributed by atoms with van der Waals surface area (Å²) < 4.78 is 32.3. The predicted octanol–water partition coefficient (Wildman–Crippen LogP) is 3.89. The van der Waals surface area contributed by atoms with Crippen molar-refractivity contribution in [2.75, 3.05) is 33.3 Å². The van der Waals surface area contributed by atoms with E-state index >= 15 is 0 Å². The van der Waals surface area contributed by atoms with E-state index in [9.17, 15) is 13.2 Å². The third-order valence-corrected chi connectivity index (χ3v) is 7.10. The number of carbonyl (C=O) groups excluding carboxylic acids is 1. The lowest BCUT2D eigenvalue weighted by Crippen LogP contribution is -2.43. The van der Waals surface area contributed by atoms with Crippen molar-refractivity contribution in [2.45, 2.75) is 12.8 Å². The molecule has 1 amide bonds. The van der Waals surface area contributed by atoms with Crippen LogP contribution in [-0.4, -0.2) is 56.8 Å². The van der Waals surface area contributed by atoms with Crippen molar-refractivity contribution in [1.29, 1.82) is 0 Å². The molecule has 6 nitrogen and oxygen atoms in total. The van der Waals surface area contributed by atoms with Gasteiger partial charge in [0.2, 0.25) is 15.9 Å². The molecule has 1 aliphatic heterocycles. The average molecular weight is 463 g/mol. The van der Waals surface area contributed by atoms with Gasteiger partial charge in [0.1, 0.15) is 12.4 Å². The molecular weight excluding hydrogens is 436 g/mol. The van der Waals surface area contributed by atoms with Crippen LogP contribution in [0.25, 0.3) is 6.08 Å². The molecule has 0 radical (unpaired) electrons. The Morgan fingerprint density at radius 2 is 1.77 bits per heavy atom. The van der Waals surface area contributed by atoms with Crippen LogP contribution in [-0.2, 0) is 14.8 Å². The Hall–Kier alpha value is -2.35. The molecule has 2 aromatic rings. The second kappa shape index (κ2) is 10.8. The zero-order valence-electron chi connectivity index (χ0n) is 17.5. The Kier molecular flexibility index (Phi) is 8.12. The fourth-order valence-corrected chi connectivity index (χ4v) is 4.77. The third-order valence-electron chi connectivity index (χ3n) is 5.28. The third kappa shape index (κ3) is 6.82. The average Bonchev–Trinajstić information content (AvgIpc) is 2.79. The topological polar surface area (TPSA) is 66.9 Å². The normalized spacial score (nSPS) is 15.8. The Labute approximate surface area is 189 Å². The lowest BCUT2D eigenvalue weighted by molar-refractivity contribution is -0.135. The van der Waals surface area contributed by atoms with Crippen LogP contribution < -0.4 is 4.74 Å². The van der Waals surface area contributed by atoms with Gasteiger partial charge < -0.3 is 9.64 Å². The Bertz CT molecular complexity index is 986. The SMILES string of the molecule is CN(CCOc1ccc(Cl)cc1)C(=O)C1CCN(S(=O)(=O)/C=C/c2ccccc2)CC1. The molecule has 0 saturated carbocycles. The van der Waals surface area contributed by atoms with Gasteiger partial charge in [-0.1, -0.05) is 41.9 Å². The minimum absolute atomic E-state index is 0.0246. The number of hydrogen-bond donors (Lipinski definition) is 0. The lowest BCUT2D eigenvalue weighted by atomic mass is 9.97. The van der Waals surface area contributed by atoms with E-state index in [1.807, 2.05) is 30.3 Å². The number of piperidine rings is 1. The van der Waals surface area contributed by atoms with Crippen LogP contribution in [0.15, 0.2) is 60.0 Å². The van der Waals surface area contributed by atoms with E-state index in [1.165, 1.54) is 9.71 Å². The lowest BCUT2D eigenvalue weighted by Gasteiger charge is -2.31. The number of amides is 1. The van der Waals surface area contributed by atoms with E-state index in [0.717, 1.165) is 5.56 Å². The van der Waals surface area contributed by atoms with Crippen LogP contribution in [0.5, 0.6) is 5.75 Å². The van der Waals surface area contributed by atoms with Crippen molar-refractivity contribution < 1.29 is 17.9 Å². The largest absolute Gasteiger partial charge is 0.492 e. The molecule has 2 aromatic carbocycles. The molecule has 1 heterocycles. The number of likely N-dealkylation sites (N-methyl/N-ethyl adjacent to an activating group) is 1. The first-order chi connectivity index (χ1) is 14.8. The van der Waals surface area contributed by atoms with Crippen molar-refractivity contribution in [2.24, 2.45) is 5.92 Å². The molecule has 0 atom stereocenters. The Morgan fingerprint density at radius 1 is 1.13 bits per heavy atom. The molecule has 0 bridgehead atoms. The summed E-state index contributed by atoms with van der Waals surface area (Å²) in [5.74, 6) is 0.550. The molecular formula is C23H27ClN2O4S. The minimum atomic E-state index is -3.50. The van der Waals surface area contributed by atoms with Crippen LogP contribution in [0.3, 0.4) is 0 Å². The highest BCUT2D eigenvalue weighted by Crippen LogP contribution is 2.22. The van der Waals surface area contributed by atoms with E-state index in [1.54, 1.807) is 42.3 Å². The summed E-state index contributed by atoms with van der Waals surface area (Å²) in [5.41, 5.74) is 0.832. The number of hydrogen-bond acceptors (Lipinski definition) is 4. The van der Waals surface area contributed by atoms with E-state index in [0.29, 0.717) is 49.9 Å². The molecule has 0 spiro atoms. The molecule has 166 valence electrons. The minimum Gasteiger partial charge on any atom is -0.492 e. The van der Waals surface area contributed by atoms with Crippen molar-refractivity contribution in [1.82, 2.24) is 9.21 Å². The first-order valence-electron chi connectivity index (χ1n) is 10.2. The van der Waals surface area contributed by atoms with Crippen molar-refractivity contribution >= 4 is 33.6 Å². The van der Waals surface area contributed by atoms with Crippen LogP contribution in [0.2, 0.25) is 5.02 Å². The number of rotatable bonds is 8. The van der Waals surface area contributed by atoms with Gasteiger partial charge in [-0.2, -0.15) is 4.31 Å². The summed E-state index contributed by atoms with van der Waals surface area (Å²) in [6.45, 7) is 1.52. The summed E-state index contributed by atoms with van der Waals surface area (Å²) >= 11 is 5.85. The zero-order valence-corrected chi connectivity index (χ0v) is 19.1. The molecule has 0 N–H and O–H groups in total. The Balaban J connectivity index is 1.45. The highest BCUT2D eigenvalue weighted by atomic mass is 35.5. The first kappa shape index (κ1) is 23.3. The Morgan fingerprint density at radius 3 is 2.42 bits per heavy atom. The molecule has 1 fully saturated rings. The van der Waals surface area contributed by atoms with E-state index in [2.05, 4.69) is 0 Å². The highest BCUT2D eigenvalue weighted by Gasteiger charge is 2.31. The van der Waals surface area contributed by atoms with Gasteiger partial charge in [0.05, 0.1) is 6.54 Å². The number of sulfonamides is 1. The quantitative estimate of drug-likeness (QED) is 0.597. The fraction of sp³-hybridized carbons (Fsp3) is 0.348. The maximum Gasteiger partial charge on any atom is 0.236 e. The predicted molar refractivity (Wildman–Crippen MR) is 123 cm³/mol. The molecule has 31 heavy (non-hydrogen) atoms. The maximum atomic E-state index is 12.7. The molecule has 1 aliphatic rings. The fourth-order valence-electron chi connectivity index (χ4n) is 3.43. The van der Waals surface area contributed by atoms with Gasteiger partial charge in [-0.05, 0) is 48.7 Å². The molecule has 1 saturated heterocycles. The second-order valence-corrected chi connectivity index (χ2v) is 9.75. The van der Waals surface area contributed by atoms with Gasteiger partial charge >= 0.3 is 0 Å². The molecule has 0 aromatic heterocycles. The van der Waals surface area contributed by atoms with E-state index < -0.39 is 10.0 Å². The summed E-state index contributed by atoms with van der Waals surface area (Å²) in [6, 6.07) is 16.4. The summed E-state index contributed by atoms with van der Waals surface area (Å²) in [4.78, 5) is 14.4. The standard InChI is InChI=1S/C23H27ClN2O4S/c1-25(16-17-30-22-9-7-21(24)8-10-22)23(27)20-11-14-26(15-12-20)31(28,29)18-13-19-5-3-2-4-6-19/h2-10,13,18,20H,11-12,14-17H2,1H3/b18-13+. The van der Waals surface area contributed by atoms with Crippen LogP contribution in [0.1, 0.15) is 18.4 Å². The summed E-state index contributed by atoms with van der Waals surface area (Å²) in [6.07, 6.45) is 2.63. The zero-order chi connectivity index (χ0) is 22.3. The van der Waals surface area contributed by atoms with Gasteiger partial charge in [-0.3, -0.25) is 4.79 Å². The van der Waals surface area contributed by atoms with Gasteiger partial charge in [0, 0.05) is 36.5 Å².